The molecule has 2 N–H and O–H groups in total. The van der Waals surface area contributed by atoms with Crippen molar-refractivity contribution in [1.82, 2.24) is 39.5 Å². The van der Waals surface area contributed by atoms with Gasteiger partial charge in [0.25, 0.3) is 0 Å². The zero-order valence-corrected chi connectivity index (χ0v) is 17.3. The number of H-pyrrole nitrogens is 1. The van der Waals surface area contributed by atoms with Crippen LogP contribution in [0.25, 0.3) is 11.0 Å². The summed E-state index contributed by atoms with van der Waals surface area (Å²) < 4.78 is 3.53. The number of rotatable bonds is 5. The molecule has 0 saturated heterocycles. The maximum atomic E-state index is 9.40. The average Bonchev–Trinajstić information content (AvgIpc) is 3.14. The first kappa shape index (κ1) is 18.3. The molecule has 0 bridgehead atoms. The smallest absolute Gasteiger partial charge is 0.229 e. The Hall–Kier alpha value is -3.74. The topological polar surface area (TPSA) is 126 Å². The lowest BCUT2D eigenvalue weighted by Crippen LogP contribution is -2.30. The van der Waals surface area contributed by atoms with Gasteiger partial charge in [0.1, 0.15) is 23.6 Å². The summed E-state index contributed by atoms with van der Waals surface area (Å²) in [5.41, 5.74) is 3.31. The molecular weight excluding hydrogens is 380 g/mol. The van der Waals surface area contributed by atoms with E-state index in [4.69, 9.17) is 4.98 Å². The Morgan fingerprint density at radius 1 is 1.27 bits per heavy atom. The summed E-state index contributed by atoms with van der Waals surface area (Å²) in [5.74, 6) is 1.56. The van der Waals surface area contributed by atoms with E-state index in [1.807, 2.05) is 38.7 Å². The maximum Gasteiger partial charge on any atom is 0.229 e. The van der Waals surface area contributed by atoms with E-state index in [1.165, 1.54) is 0 Å². The maximum absolute atomic E-state index is 9.40. The average molecular weight is 402 g/mol. The van der Waals surface area contributed by atoms with E-state index in [-0.39, 0.29) is 0 Å². The number of hydrogen-bond acceptors (Lipinski definition) is 7. The van der Waals surface area contributed by atoms with Gasteiger partial charge in [0, 0.05) is 25.4 Å². The molecule has 4 heterocycles. The Kier molecular flexibility index (Phi) is 3.89. The quantitative estimate of drug-likeness (QED) is 0.525. The molecule has 10 nitrogen and oxygen atoms in total. The second kappa shape index (κ2) is 6.38. The van der Waals surface area contributed by atoms with Crippen molar-refractivity contribution in [1.29, 1.82) is 5.26 Å². The normalized spacial score (nSPS) is 14.2. The Labute approximate surface area is 173 Å². The standard InChI is InChI=1S/C20H22N10/c1-11-14(9-30(27-11)20(2,3)18-23-10-29(4)28-18)24-19-25-16(12-5-6-12)15-13(7-21)8-22-17(15)26-19/h8-10,12H,5-6H2,1-4H3,(H2,22,24,25,26). The number of hydrogen-bond donors (Lipinski definition) is 2. The third-order valence-corrected chi connectivity index (χ3v) is 5.51. The fraction of sp³-hybridized carbons (Fsp3) is 0.400. The van der Waals surface area contributed by atoms with E-state index >= 15 is 0 Å². The minimum atomic E-state index is -0.517. The summed E-state index contributed by atoms with van der Waals surface area (Å²) in [6.45, 7) is 5.98. The summed E-state index contributed by atoms with van der Waals surface area (Å²) in [7, 11) is 1.84. The van der Waals surface area contributed by atoms with Gasteiger partial charge in [0.15, 0.2) is 5.82 Å². The Morgan fingerprint density at radius 2 is 2.07 bits per heavy atom. The van der Waals surface area contributed by atoms with Crippen LogP contribution in [0, 0.1) is 18.3 Å². The lowest BCUT2D eigenvalue weighted by Gasteiger charge is -2.21. The van der Waals surface area contributed by atoms with Crippen molar-refractivity contribution in [3.05, 3.63) is 41.5 Å². The summed E-state index contributed by atoms with van der Waals surface area (Å²) in [5, 5.41) is 22.7. The van der Waals surface area contributed by atoms with Gasteiger partial charge in [-0.3, -0.25) is 9.36 Å². The molecule has 0 atom stereocenters. The minimum absolute atomic E-state index is 0.386. The summed E-state index contributed by atoms with van der Waals surface area (Å²) in [4.78, 5) is 16.8. The first-order chi connectivity index (χ1) is 14.4. The fourth-order valence-electron chi connectivity index (χ4n) is 3.57. The fourth-order valence-corrected chi connectivity index (χ4v) is 3.57. The second-order valence-electron chi connectivity index (χ2n) is 8.24. The molecular formula is C20H22N10. The predicted octanol–water partition coefficient (Wildman–Crippen LogP) is 2.87. The highest BCUT2D eigenvalue weighted by Gasteiger charge is 2.31. The van der Waals surface area contributed by atoms with Crippen LogP contribution in [0.1, 0.15) is 55.4 Å². The van der Waals surface area contributed by atoms with Gasteiger partial charge in [0.05, 0.1) is 28.0 Å². The molecule has 1 fully saturated rings. The van der Waals surface area contributed by atoms with E-state index in [9.17, 15) is 5.26 Å². The van der Waals surface area contributed by atoms with Crippen LogP contribution in [-0.2, 0) is 12.6 Å². The van der Waals surface area contributed by atoms with Crippen molar-refractivity contribution in [2.45, 2.75) is 45.1 Å². The predicted molar refractivity (Wildman–Crippen MR) is 110 cm³/mol. The number of aryl methyl sites for hydroxylation is 2. The van der Waals surface area contributed by atoms with Gasteiger partial charge in [-0.1, -0.05) is 0 Å². The molecule has 0 aromatic carbocycles. The molecule has 0 radical (unpaired) electrons. The number of nitrogens with one attached hydrogen (secondary N) is 2. The first-order valence-electron chi connectivity index (χ1n) is 9.86. The number of fused-ring (bicyclic) bond motifs is 1. The van der Waals surface area contributed by atoms with Crippen molar-refractivity contribution in [2.24, 2.45) is 7.05 Å². The molecule has 1 saturated carbocycles. The summed E-state index contributed by atoms with van der Waals surface area (Å²) in [6.07, 6.45) is 7.47. The molecule has 0 aliphatic heterocycles. The first-order valence-corrected chi connectivity index (χ1v) is 9.86. The van der Waals surface area contributed by atoms with Crippen LogP contribution >= 0.6 is 0 Å². The Bertz CT molecular complexity index is 1300. The third kappa shape index (κ3) is 2.90. The Balaban J connectivity index is 1.51. The van der Waals surface area contributed by atoms with Crippen molar-refractivity contribution in [3.63, 3.8) is 0 Å². The minimum Gasteiger partial charge on any atom is -0.345 e. The Morgan fingerprint density at radius 3 is 2.73 bits per heavy atom. The van der Waals surface area contributed by atoms with E-state index in [0.29, 0.717) is 28.9 Å². The van der Waals surface area contributed by atoms with Gasteiger partial charge < -0.3 is 10.3 Å². The molecule has 1 aliphatic carbocycles. The van der Waals surface area contributed by atoms with Crippen LogP contribution in [0.5, 0.6) is 0 Å². The van der Waals surface area contributed by atoms with Crippen LogP contribution in [0.15, 0.2) is 18.7 Å². The second-order valence-corrected chi connectivity index (χ2v) is 8.24. The van der Waals surface area contributed by atoms with Crippen molar-refractivity contribution in [3.8, 4) is 6.07 Å². The molecule has 5 rings (SSSR count). The van der Waals surface area contributed by atoms with E-state index < -0.39 is 5.54 Å². The summed E-state index contributed by atoms with van der Waals surface area (Å²) >= 11 is 0. The van der Waals surface area contributed by atoms with Crippen molar-refractivity contribution >= 4 is 22.7 Å². The monoisotopic (exact) mass is 402 g/mol. The van der Waals surface area contributed by atoms with Gasteiger partial charge in [0.2, 0.25) is 5.95 Å². The molecule has 30 heavy (non-hydrogen) atoms. The summed E-state index contributed by atoms with van der Waals surface area (Å²) in [6, 6.07) is 2.23. The van der Waals surface area contributed by atoms with E-state index in [2.05, 4.69) is 36.5 Å². The SMILES string of the molecule is Cc1nn(C(C)(C)c2ncn(C)n2)cc1Nc1nc(C2CC2)c2c(C#N)c[nH]c2n1. The highest BCUT2D eigenvalue weighted by Crippen LogP contribution is 2.43. The molecule has 152 valence electrons. The van der Waals surface area contributed by atoms with Gasteiger partial charge in [-0.25, -0.2) is 9.97 Å². The zero-order valence-electron chi connectivity index (χ0n) is 17.3. The molecule has 0 amide bonds. The number of nitrogens with zero attached hydrogens (tertiary/aromatic N) is 8. The lowest BCUT2D eigenvalue weighted by molar-refractivity contribution is 0.365. The van der Waals surface area contributed by atoms with Gasteiger partial charge in [-0.2, -0.15) is 20.4 Å². The largest absolute Gasteiger partial charge is 0.345 e. The van der Waals surface area contributed by atoms with Crippen LogP contribution in [-0.4, -0.2) is 39.5 Å². The highest BCUT2D eigenvalue weighted by atomic mass is 15.4. The van der Waals surface area contributed by atoms with E-state index in [1.54, 1.807) is 17.2 Å². The van der Waals surface area contributed by atoms with Gasteiger partial charge >= 0.3 is 0 Å². The van der Waals surface area contributed by atoms with Crippen molar-refractivity contribution in [2.75, 3.05) is 5.32 Å². The van der Waals surface area contributed by atoms with Crippen LogP contribution < -0.4 is 5.32 Å². The van der Waals surface area contributed by atoms with E-state index in [0.717, 1.165) is 35.3 Å². The molecule has 4 aromatic rings. The zero-order chi connectivity index (χ0) is 21.0. The van der Waals surface area contributed by atoms with Crippen LogP contribution in [0.2, 0.25) is 0 Å². The number of nitriles is 1. The van der Waals surface area contributed by atoms with Crippen LogP contribution in [0.4, 0.5) is 11.6 Å². The molecule has 1 aliphatic rings. The number of aromatic amines is 1. The molecule has 10 heteroatoms. The lowest BCUT2D eigenvalue weighted by atomic mass is 10.1. The van der Waals surface area contributed by atoms with Gasteiger partial charge in [-0.05, 0) is 33.6 Å². The molecule has 0 spiro atoms. The molecule has 0 unspecified atom stereocenters. The number of anilines is 2. The highest BCUT2D eigenvalue weighted by molar-refractivity contribution is 5.86. The third-order valence-electron chi connectivity index (χ3n) is 5.51. The van der Waals surface area contributed by atoms with Gasteiger partial charge in [-0.15, -0.1) is 0 Å². The van der Waals surface area contributed by atoms with Crippen molar-refractivity contribution < 1.29 is 0 Å². The number of aromatic nitrogens is 8. The van der Waals surface area contributed by atoms with Crippen LogP contribution in [0.3, 0.4) is 0 Å². The molecule has 4 aromatic heterocycles.